The zero-order valence-electron chi connectivity index (χ0n) is 7.76. The molecular formula is C9H16N2O. The fraction of sp³-hybridized carbons (Fsp3) is 0.889. The van der Waals surface area contributed by atoms with E-state index in [1.807, 2.05) is 4.90 Å². The van der Waals surface area contributed by atoms with Crippen LogP contribution in [0.3, 0.4) is 0 Å². The Kier molecular flexibility index (Phi) is 1.35. The van der Waals surface area contributed by atoms with Crippen molar-refractivity contribution in [1.29, 1.82) is 0 Å². The van der Waals surface area contributed by atoms with Gasteiger partial charge in [0.05, 0.1) is 5.54 Å². The number of likely N-dealkylation sites (tertiary alicyclic amines) is 1. The van der Waals surface area contributed by atoms with Gasteiger partial charge < -0.3 is 10.6 Å². The van der Waals surface area contributed by atoms with E-state index in [9.17, 15) is 4.79 Å². The predicted molar refractivity (Wildman–Crippen MR) is 46.6 cm³/mol. The summed E-state index contributed by atoms with van der Waals surface area (Å²) in [5, 5.41) is 0. The second kappa shape index (κ2) is 2.02. The molecule has 1 heterocycles. The number of amides is 1. The van der Waals surface area contributed by atoms with Crippen molar-refractivity contribution in [2.45, 2.75) is 44.2 Å². The van der Waals surface area contributed by atoms with Gasteiger partial charge in [-0.2, -0.15) is 0 Å². The molecule has 0 spiro atoms. The van der Waals surface area contributed by atoms with Crippen molar-refractivity contribution in [2.24, 2.45) is 5.73 Å². The maximum absolute atomic E-state index is 11.7. The first-order chi connectivity index (χ1) is 5.46. The maximum Gasteiger partial charge on any atom is 0.243 e. The molecule has 1 aliphatic heterocycles. The lowest BCUT2D eigenvalue weighted by Gasteiger charge is -2.49. The van der Waals surface area contributed by atoms with E-state index in [-0.39, 0.29) is 11.4 Å². The van der Waals surface area contributed by atoms with Crippen molar-refractivity contribution < 1.29 is 4.79 Å². The minimum Gasteiger partial charge on any atom is -0.336 e. The van der Waals surface area contributed by atoms with Gasteiger partial charge in [-0.05, 0) is 33.1 Å². The van der Waals surface area contributed by atoms with Gasteiger partial charge in [0.25, 0.3) is 0 Å². The maximum atomic E-state index is 11.7. The summed E-state index contributed by atoms with van der Waals surface area (Å²) in [6, 6.07) is 0. The van der Waals surface area contributed by atoms with Crippen LogP contribution in [0.2, 0.25) is 0 Å². The Hall–Kier alpha value is -0.570. The van der Waals surface area contributed by atoms with Gasteiger partial charge >= 0.3 is 0 Å². The molecule has 2 fully saturated rings. The topological polar surface area (TPSA) is 46.3 Å². The highest BCUT2D eigenvalue weighted by molar-refractivity contribution is 5.90. The predicted octanol–water partition coefficient (Wildman–Crippen LogP) is 0.489. The third-order valence-electron chi connectivity index (χ3n) is 3.14. The highest BCUT2D eigenvalue weighted by Gasteiger charge is 2.53. The summed E-state index contributed by atoms with van der Waals surface area (Å²) in [6.07, 6.45) is 2.85. The van der Waals surface area contributed by atoms with Crippen LogP contribution in [-0.2, 0) is 4.79 Å². The van der Waals surface area contributed by atoms with Crippen LogP contribution in [0.5, 0.6) is 0 Å². The van der Waals surface area contributed by atoms with Crippen LogP contribution in [0.1, 0.15) is 33.1 Å². The molecule has 0 atom stereocenters. The molecular weight excluding hydrogens is 152 g/mol. The third-order valence-corrected chi connectivity index (χ3v) is 3.14. The van der Waals surface area contributed by atoms with Gasteiger partial charge in [0.15, 0.2) is 0 Å². The highest BCUT2D eigenvalue weighted by atomic mass is 16.2. The lowest BCUT2D eigenvalue weighted by atomic mass is 9.88. The van der Waals surface area contributed by atoms with Crippen LogP contribution in [0.25, 0.3) is 0 Å². The second-order valence-electron chi connectivity index (χ2n) is 4.68. The van der Waals surface area contributed by atoms with Gasteiger partial charge in [0.1, 0.15) is 0 Å². The van der Waals surface area contributed by atoms with E-state index in [2.05, 4.69) is 13.8 Å². The number of hydrogen-bond donors (Lipinski definition) is 1. The summed E-state index contributed by atoms with van der Waals surface area (Å²) < 4.78 is 0. The van der Waals surface area contributed by atoms with Gasteiger partial charge in [-0.3, -0.25) is 4.79 Å². The highest BCUT2D eigenvalue weighted by Crippen LogP contribution is 2.39. The molecule has 1 aliphatic carbocycles. The zero-order chi connectivity index (χ0) is 8.98. The Morgan fingerprint density at radius 3 is 2.17 bits per heavy atom. The van der Waals surface area contributed by atoms with Crippen molar-refractivity contribution in [1.82, 2.24) is 4.90 Å². The average Bonchev–Trinajstić information content (AvgIpc) is 2.67. The molecule has 3 heteroatoms. The first kappa shape index (κ1) is 8.05. The Labute approximate surface area is 72.9 Å². The molecule has 1 amide bonds. The van der Waals surface area contributed by atoms with E-state index in [0.29, 0.717) is 0 Å². The molecule has 0 aromatic rings. The van der Waals surface area contributed by atoms with Crippen LogP contribution in [0.4, 0.5) is 0 Å². The van der Waals surface area contributed by atoms with E-state index in [0.717, 1.165) is 25.8 Å². The lowest BCUT2D eigenvalue weighted by Crippen LogP contribution is -2.62. The fourth-order valence-electron chi connectivity index (χ4n) is 1.66. The summed E-state index contributed by atoms with van der Waals surface area (Å²) in [5.41, 5.74) is 5.42. The SMILES string of the molecule is CC1(C)CCN1C(=O)C1(N)CC1. The van der Waals surface area contributed by atoms with Crippen LogP contribution in [0.15, 0.2) is 0 Å². The Morgan fingerprint density at radius 1 is 1.33 bits per heavy atom. The Balaban J connectivity index is 2.06. The van der Waals surface area contributed by atoms with E-state index >= 15 is 0 Å². The van der Waals surface area contributed by atoms with E-state index in [1.54, 1.807) is 0 Å². The first-order valence-corrected chi connectivity index (χ1v) is 4.57. The quantitative estimate of drug-likeness (QED) is 0.619. The largest absolute Gasteiger partial charge is 0.336 e. The number of nitrogens with zero attached hydrogens (tertiary/aromatic N) is 1. The van der Waals surface area contributed by atoms with Gasteiger partial charge in [-0.15, -0.1) is 0 Å². The van der Waals surface area contributed by atoms with E-state index in [4.69, 9.17) is 5.73 Å². The van der Waals surface area contributed by atoms with Crippen molar-refractivity contribution in [2.75, 3.05) is 6.54 Å². The van der Waals surface area contributed by atoms with Crippen molar-refractivity contribution >= 4 is 5.91 Å². The molecule has 0 aromatic heterocycles. The molecule has 0 unspecified atom stereocenters. The monoisotopic (exact) mass is 168 g/mol. The number of hydrogen-bond acceptors (Lipinski definition) is 2. The van der Waals surface area contributed by atoms with E-state index in [1.165, 1.54) is 0 Å². The molecule has 12 heavy (non-hydrogen) atoms. The summed E-state index contributed by atoms with van der Waals surface area (Å²) in [7, 11) is 0. The van der Waals surface area contributed by atoms with Crippen molar-refractivity contribution in [3.8, 4) is 0 Å². The number of carbonyl (C=O) groups is 1. The lowest BCUT2D eigenvalue weighted by molar-refractivity contribution is -0.147. The summed E-state index contributed by atoms with van der Waals surface area (Å²) in [5.74, 6) is 0.166. The number of nitrogens with two attached hydrogens (primary N) is 1. The molecule has 0 aromatic carbocycles. The molecule has 0 radical (unpaired) electrons. The molecule has 3 nitrogen and oxygen atoms in total. The van der Waals surface area contributed by atoms with Gasteiger partial charge in [-0.25, -0.2) is 0 Å². The zero-order valence-corrected chi connectivity index (χ0v) is 7.76. The van der Waals surface area contributed by atoms with E-state index < -0.39 is 5.54 Å². The summed E-state index contributed by atoms with van der Waals surface area (Å²) in [4.78, 5) is 13.6. The van der Waals surface area contributed by atoms with Crippen molar-refractivity contribution in [3.05, 3.63) is 0 Å². The van der Waals surface area contributed by atoms with Crippen LogP contribution >= 0.6 is 0 Å². The smallest absolute Gasteiger partial charge is 0.243 e. The molecule has 2 rings (SSSR count). The van der Waals surface area contributed by atoms with Gasteiger partial charge in [-0.1, -0.05) is 0 Å². The number of rotatable bonds is 1. The van der Waals surface area contributed by atoms with Crippen LogP contribution in [0, 0.1) is 0 Å². The number of carbonyl (C=O) groups excluding carboxylic acids is 1. The molecule has 2 N–H and O–H groups in total. The summed E-state index contributed by atoms with van der Waals surface area (Å²) in [6.45, 7) is 5.09. The Morgan fingerprint density at radius 2 is 1.92 bits per heavy atom. The third kappa shape index (κ3) is 0.959. The molecule has 0 bridgehead atoms. The summed E-state index contributed by atoms with van der Waals surface area (Å²) >= 11 is 0. The minimum absolute atomic E-state index is 0.0616. The normalized spacial score (nSPS) is 29.4. The fourth-order valence-corrected chi connectivity index (χ4v) is 1.66. The Bertz CT molecular complexity index is 231. The standard InChI is InChI=1S/C9H16N2O/c1-8(2)5-6-11(8)7(12)9(10)3-4-9/h3-6,10H2,1-2H3. The minimum atomic E-state index is -0.475. The molecule has 2 aliphatic rings. The molecule has 68 valence electrons. The molecule has 1 saturated heterocycles. The second-order valence-corrected chi connectivity index (χ2v) is 4.68. The van der Waals surface area contributed by atoms with Crippen LogP contribution in [-0.4, -0.2) is 28.4 Å². The first-order valence-electron chi connectivity index (χ1n) is 4.57. The average molecular weight is 168 g/mol. The van der Waals surface area contributed by atoms with Crippen LogP contribution < -0.4 is 5.73 Å². The van der Waals surface area contributed by atoms with Crippen molar-refractivity contribution in [3.63, 3.8) is 0 Å². The molecule has 1 saturated carbocycles. The van der Waals surface area contributed by atoms with Gasteiger partial charge in [0.2, 0.25) is 5.91 Å². The van der Waals surface area contributed by atoms with Gasteiger partial charge in [0, 0.05) is 12.1 Å².